The second kappa shape index (κ2) is 7.68. The summed E-state index contributed by atoms with van der Waals surface area (Å²) >= 11 is 7.50. The van der Waals surface area contributed by atoms with Gasteiger partial charge < -0.3 is 10.1 Å². The molecule has 2 heterocycles. The molecule has 0 aliphatic heterocycles. The second-order valence-electron chi connectivity index (χ2n) is 5.71. The molecular formula is C19H17ClN2O2S. The highest BCUT2D eigenvalue weighted by Gasteiger charge is 2.11. The van der Waals surface area contributed by atoms with Crippen LogP contribution in [-0.2, 0) is 6.61 Å². The van der Waals surface area contributed by atoms with Crippen molar-refractivity contribution >= 4 is 34.7 Å². The van der Waals surface area contributed by atoms with Crippen LogP contribution in [0.15, 0.2) is 48.0 Å². The zero-order valence-electron chi connectivity index (χ0n) is 13.9. The molecule has 1 aromatic carbocycles. The fraction of sp³-hybridized carbons (Fsp3) is 0.158. The van der Waals surface area contributed by atoms with E-state index in [0.717, 1.165) is 16.7 Å². The first-order chi connectivity index (χ1) is 12.0. The van der Waals surface area contributed by atoms with Gasteiger partial charge in [-0.05, 0) is 60.7 Å². The Hall–Kier alpha value is -2.37. The van der Waals surface area contributed by atoms with E-state index in [-0.39, 0.29) is 5.91 Å². The average molecular weight is 373 g/mol. The van der Waals surface area contributed by atoms with E-state index < -0.39 is 0 Å². The quantitative estimate of drug-likeness (QED) is 0.665. The molecule has 0 unspecified atom stereocenters. The lowest BCUT2D eigenvalue weighted by Crippen LogP contribution is -2.11. The number of rotatable bonds is 5. The molecule has 4 nitrogen and oxygen atoms in total. The fourth-order valence-electron chi connectivity index (χ4n) is 2.24. The number of thiophene rings is 1. The van der Waals surface area contributed by atoms with E-state index in [1.165, 1.54) is 11.3 Å². The summed E-state index contributed by atoms with van der Waals surface area (Å²) in [7, 11) is 0. The van der Waals surface area contributed by atoms with Gasteiger partial charge in [-0.1, -0.05) is 17.7 Å². The molecule has 1 N–H and O–H groups in total. The molecule has 2 aromatic heterocycles. The summed E-state index contributed by atoms with van der Waals surface area (Å²) in [6.07, 6.45) is 1.67. The van der Waals surface area contributed by atoms with E-state index in [1.54, 1.807) is 6.20 Å². The molecule has 0 atom stereocenters. The number of benzene rings is 1. The molecule has 0 saturated heterocycles. The number of aryl methyl sites for hydroxylation is 2. The average Bonchev–Trinajstić information content (AvgIpc) is 3.05. The normalized spacial score (nSPS) is 10.5. The lowest BCUT2D eigenvalue weighted by atomic mass is 10.2. The highest BCUT2D eigenvalue weighted by atomic mass is 35.5. The van der Waals surface area contributed by atoms with Crippen molar-refractivity contribution in [1.29, 1.82) is 0 Å². The molecule has 0 aliphatic rings. The van der Waals surface area contributed by atoms with E-state index in [2.05, 4.69) is 10.3 Å². The first-order valence-electron chi connectivity index (χ1n) is 7.71. The van der Waals surface area contributed by atoms with Crippen LogP contribution in [0.3, 0.4) is 0 Å². The van der Waals surface area contributed by atoms with Gasteiger partial charge in [-0.2, -0.15) is 0 Å². The van der Waals surface area contributed by atoms with E-state index in [1.807, 2.05) is 55.6 Å². The summed E-state index contributed by atoms with van der Waals surface area (Å²) in [5.41, 5.74) is 3.04. The zero-order chi connectivity index (χ0) is 17.8. The number of amides is 1. The van der Waals surface area contributed by atoms with Crippen molar-refractivity contribution in [3.8, 4) is 5.75 Å². The number of aromatic nitrogens is 1. The molecule has 0 spiro atoms. The molecule has 1 amide bonds. The summed E-state index contributed by atoms with van der Waals surface area (Å²) in [6.45, 7) is 4.29. The number of halogens is 1. The third kappa shape index (κ3) is 4.59. The maximum absolute atomic E-state index is 12.3. The highest BCUT2D eigenvalue weighted by molar-refractivity contribution is 7.12. The maximum atomic E-state index is 12.3. The Morgan fingerprint density at radius 2 is 2.00 bits per heavy atom. The number of carbonyl (C=O) groups excluding carboxylic acids is 1. The molecule has 128 valence electrons. The van der Waals surface area contributed by atoms with Crippen molar-refractivity contribution in [3.05, 3.63) is 74.6 Å². The molecule has 0 saturated carbocycles. The summed E-state index contributed by atoms with van der Waals surface area (Å²) in [5, 5.41) is 5.28. The van der Waals surface area contributed by atoms with Crippen molar-refractivity contribution in [2.24, 2.45) is 0 Å². The number of hydrogen-bond donors (Lipinski definition) is 1. The van der Waals surface area contributed by atoms with Crippen LogP contribution in [0.5, 0.6) is 5.75 Å². The first-order valence-corrected chi connectivity index (χ1v) is 8.97. The van der Waals surface area contributed by atoms with Crippen molar-refractivity contribution in [2.45, 2.75) is 20.5 Å². The predicted molar refractivity (Wildman–Crippen MR) is 102 cm³/mol. The van der Waals surface area contributed by atoms with Crippen LogP contribution in [-0.4, -0.2) is 10.9 Å². The van der Waals surface area contributed by atoms with Gasteiger partial charge >= 0.3 is 0 Å². The van der Waals surface area contributed by atoms with Gasteiger partial charge in [-0.25, -0.2) is 4.98 Å². The van der Waals surface area contributed by atoms with E-state index in [0.29, 0.717) is 28.1 Å². The molecule has 6 heteroatoms. The van der Waals surface area contributed by atoms with Crippen molar-refractivity contribution < 1.29 is 9.53 Å². The molecular weight excluding hydrogens is 356 g/mol. The van der Waals surface area contributed by atoms with Gasteiger partial charge in [-0.15, -0.1) is 11.3 Å². The molecule has 0 fully saturated rings. The van der Waals surface area contributed by atoms with Crippen LogP contribution in [0.2, 0.25) is 5.02 Å². The van der Waals surface area contributed by atoms with Gasteiger partial charge in [0.1, 0.15) is 18.2 Å². The summed E-state index contributed by atoms with van der Waals surface area (Å²) < 4.78 is 5.76. The summed E-state index contributed by atoms with van der Waals surface area (Å²) in [6, 6.07) is 11.2. The van der Waals surface area contributed by atoms with Gasteiger partial charge in [0.05, 0.1) is 9.90 Å². The van der Waals surface area contributed by atoms with Gasteiger partial charge in [0.25, 0.3) is 5.91 Å². The van der Waals surface area contributed by atoms with Crippen molar-refractivity contribution in [3.63, 3.8) is 0 Å². The Balaban J connectivity index is 1.63. The Labute approximate surface area is 155 Å². The molecule has 0 aliphatic carbocycles. The topological polar surface area (TPSA) is 51.2 Å². The number of anilines is 1. The number of nitrogens with one attached hydrogen (secondary N) is 1. The number of carbonyl (C=O) groups is 1. The zero-order valence-corrected chi connectivity index (χ0v) is 15.4. The Morgan fingerprint density at radius 1 is 1.20 bits per heavy atom. The largest absolute Gasteiger partial charge is 0.487 e. The lowest BCUT2D eigenvalue weighted by Gasteiger charge is -2.07. The first kappa shape index (κ1) is 17.5. The number of ether oxygens (including phenoxy) is 1. The van der Waals surface area contributed by atoms with Gasteiger partial charge in [-0.3, -0.25) is 4.79 Å². The minimum atomic E-state index is -0.178. The molecule has 0 radical (unpaired) electrons. The maximum Gasteiger partial charge on any atom is 0.266 e. The van der Waals surface area contributed by atoms with Crippen molar-refractivity contribution in [1.82, 2.24) is 4.98 Å². The Bertz CT molecular complexity index is 908. The number of pyridine rings is 1. The smallest absolute Gasteiger partial charge is 0.266 e. The van der Waals surface area contributed by atoms with E-state index >= 15 is 0 Å². The third-order valence-corrected chi connectivity index (χ3v) is 4.81. The van der Waals surface area contributed by atoms with Crippen LogP contribution in [0, 0.1) is 13.8 Å². The Kier molecular flexibility index (Phi) is 5.36. The van der Waals surface area contributed by atoms with Crippen molar-refractivity contribution in [2.75, 3.05) is 5.32 Å². The fourth-order valence-corrected chi connectivity index (χ4v) is 3.20. The molecule has 25 heavy (non-hydrogen) atoms. The minimum Gasteiger partial charge on any atom is -0.487 e. The predicted octanol–water partition coefficient (Wildman–Crippen LogP) is 5.24. The van der Waals surface area contributed by atoms with Gasteiger partial charge in [0, 0.05) is 11.8 Å². The lowest BCUT2D eigenvalue weighted by molar-refractivity contribution is 0.103. The van der Waals surface area contributed by atoms with E-state index in [4.69, 9.17) is 16.3 Å². The van der Waals surface area contributed by atoms with Crippen LogP contribution in [0.1, 0.15) is 26.4 Å². The summed E-state index contributed by atoms with van der Waals surface area (Å²) in [5.74, 6) is 1.01. The molecule has 0 bridgehead atoms. The number of hydrogen-bond acceptors (Lipinski definition) is 4. The third-order valence-electron chi connectivity index (χ3n) is 3.52. The summed E-state index contributed by atoms with van der Waals surface area (Å²) in [4.78, 5) is 17.1. The second-order valence-corrected chi connectivity index (χ2v) is 7.03. The van der Waals surface area contributed by atoms with Gasteiger partial charge in [0.2, 0.25) is 0 Å². The van der Waals surface area contributed by atoms with Crippen LogP contribution >= 0.6 is 22.9 Å². The van der Waals surface area contributed by atoms with Gasteiger partial charge in [0.15, 0.2) is 0 Å². The standard InChI is InChI=1S/C19H17ClN2O2S/c1-12-3-4-15(20)16(7-12)24-10-14-9-17(25-11-14)19(23)22-18-8-13(2)5-6-21-18/h3-9,11H,10H2,1-2H3,(H,21,22,23). The SMILES string of the molecule is Cc1ccnc(NC(=O)c2cc(COc3cc(C)ccc3Cl)cs2)c1. The number of nitrogens with zero attached hydrogens (tertiary/aromatic N) is 1. The Morgan fingerprint density at radius 3 is 2.80 bits per heavy atom. The highest BCUT2D eigenvalue weighted by Crippen LogP contribution is 2.27. The van der Waals surface area contributed by atoms with Crippen LogP contribution in [0.4, 0.5) is 5.82 Å². The van der Waals surface area contributed by atoms with Crippen LogP contribution < -0.4 is 10.1 Å². The molecule has 3 aromatic rings. The minimum absolute atomic E-state index is 0.178. The monoisotopic (exact) mass is 372 g/mol. The van der Waals surface area contributed by atoms with Crippen LogP contribution in [0.25, 0.3) is 0 Å². The molecule has 3 rings (SSSR count). The van der Waals surface area contributed by atoms with E-state index in [9.17, 15) is 4.79 Å².